The van der Waals surface area contributed by atoms with E-state index < -0.39 is 5.60 Å². The lowest BCUT2D eigenvalue weighted by Gasteiger charge is -2.20. The van der Waals surface area contributed by atoms with E-state index in [4.69, 9.17) is 15.3 Å². The molecule has 0 aliphatic carbocycles. The number of fused-ring (bicyclic) bond motifs is 1. The van der Waals surface area contributed by atoms with Crippen LogP contribution in [0, 0.1) is 34.0 Å². The van der Waals surface area contributed by atoms with E-state index in [-0.39, 0.29) is 22.7 Å². The van der Waals surface area contributed by atoms with E-state index in [1.54, 1.807) is 44.2 Å². The first-order valence-electron chi connectivity index (χ1n) is 8.19. The van der Waals surface area contributed by atoms with Crippen LogP contribution in [-0.2, 0) is 4.74 Å². The fraction of sp³-hybridized carbons (Fsp3) is 0.136. The fourth-order valence-corrected chi connectivity index (χ4v) is 3.02. The summed E-state index contributed by atoms with van der Waals surface area (Å²) >= 11 is 0. The van der Waals surface area contributed by atoms with Crippen molar-refractivity contribution in [2.75, 3.05) is 0 Å². The number of nitrogens with zero attached hydrogens (tertiary/aromatic N) is 3. The zero-order chi connectivity index (χ0) is 19.6. The minimum absolute atomic E-state index is 0.0288. The van der Waals surface area contributed by atoms with E-state index in [0.717, 1.165) is 16.3 Å². The smallest absolute Gasteiger partial charge is 0.172 e. The highest BCUT2D eigenvalue weighted by atomic mass is 16.5. The minimum Gasteiger partial charge on any atom is -0.508 e. The summed E-state index contributed by atoms with van der Waals surface area (Å²) in [5.41, 5.74) is 0.660. The van der Waals surface area contributed by atoms with Crippen molar-refractivity contribution in [1.82, 2.24) is 0 Å². The second-order valence-corrected chi connectivity index (χ2v) is 6.56. The van der Waals surface area contributed by atoms with E-state index in [2.05, 4.69) is 6.07 Å². The van der Waals surface area contributed by atoms with Gasteiger partial charge in [-0.3, -0.25) is 0 Å². The summed E-state index contributed by atoms with van der Waals surface area (Å²) in [6, 6.07) is 16.5. The molecular formula is C22H15N3O2. The highest BCUT2D eigenvalue weighted by Crippen LogP contribution is 2.40. The number of hydrogen-bond acceptors (Lipinski definition) is 5. The summed E-state index contributed by atoms with van der Waals surface area (Å²) < 4.78 is 5.74. The van der Waals surface area contributed by atoms with E-state index in [1.165, 1.54) is 0 Å². The molecule has 3 rings (SSSR count). The van der Waals surface area contributed by atoms with E-state index in [0.29, 0.717) is 5.57 Å². The quantitative estimate of drug-likeness (QED) is 0.802. The summed E-state index contributed by atoms with van der Waals surface area (Å²) in [5.74, 6) is 0.241. The summed E-state index contributed by atoms with van der Waals surface area (Å²) in [4.78, 5) is 0. The van der Waals surface area contributed by atoms with Gasteiger partial charge >= 0.3 is 0 Å². The van der Waals surface area contributed by atoms with Gasteiger partial charge in [-0.2, -0.15) is 15.8 Å². The number of benzene rings is 2. The molecule has 130 valence electrons. The first-order chi connectivity index (χ1) is 12.9. The second kappa shape index (κ2) is 6.71. The monoisotopic (exact) mass is 353 g/mol. The van der Waals surface area contributed by atoms with Gasteiger partial charge in [-0.1, -0.05) is 30.4 Å². The van der Waals surface area contributed by atoms with Crippen LogP contribution < -0.4 is 0 Å². The van der Waals surface area contributed by atoms with Gasteiger partial charge in [-0.25, -0.2) is 0 Å². The Morgan fingerprint density at radius 3 is 2.33 bits per heavy atom. The highest BCUT2D eigenvalue weighted by Gasteiger charge is 2.38. The van der Waals surface area contributed by atoms with Gasteiger partial charge in [-0.15, -0.1) is 0 Å². The van der Waals surface area contributed by atoms with Gasteiger partial charge in [0.2, 0.25) is 0 Å². The number of allylic oxidation sites excluding steroid dienone is 2. The van der Waals surface area contributed by atoms with Gasteiger partial charge in [0, 0.05) is 5.57 Å². The van der Waals surface area contributed by atoms with Crippen LogP contribution in [0.1, 0.15) is 19.4 Å². The molecule has 0 bridgehead atoms. The van der Waals surface area contributed by atoms with Crippen molar-refractivity contribution >= 4 is 16.8 Å². The van der Waals surface area contributed by atoms with Gasteiger partial charge in [0.25, 0.3) is 0 Å². The molecule has 27 heavy (non-hydrogen) atoms. The maximum absolute atomic E-state index is 9.56. The topological polar surface area (TPSA) is 101 Å². The SMILES string of the molecule is CC1(C)OC(=C(C#N)C#N)C(C#N)=C1C=Cc1ccc2cc(O)ccc2c1. The highest BCUT2D eigenvalue weighted by molar-refractivity contribution is 5.86. The molecule has 0 fully saturated rings. The van der Waals surface area contributed by atoms with Gasteiger partial charge in [-0.05, 0) is 48.4 Å². The molecule has 2 aromatic carbocycles. The number of nitriles is 3. The lowest BCUT2D eigenvalue weighted by molar-refractivity contribution is 0.0954. The van der Waals surface area contributed by atoms with Crippen molar-refractivity contribution in [2.24, 2.45) is 0 Å². The molecule has 1 aliphatic heterocycles. The molecule has 0 radical (unpaired) electrons. The fourth-order valence-electron chi connectivity index (χ4n) is 3.02. The number of hydrogen-bond donors (Lipinski definition) is 1. The van der Waals surface area contributed by atoms with Gasteiger partial charge in [0.15, 0.2) is 11.3 Å². The van der Waals surface area contributed by atoms with Gasteiger partial charge in [0.05, 0.1) is 0 Å². The van der Waals surface area contributed by atoms with Crippen molar-refractivity contribution < 1.29 is 9.84 Å². The third-order valence-electron chi connectivity index (χ3n) is 4.36. The standard InChI is InChI=1S/C22H15N3O2/c1-22(2)20(19(13-25)21(27-22)17(11-23)12-24)8-4-14-3-5-16-10-18(26)7-6-15(16)9-14/h3-10,26H,1-2H3. The third kappa shape index (κ3) is 3.25. The van der Waals surface area contributed by atoms with Crippen LogP contribution in [0.15, 0.2) is 65.0 Å². The van der Waals surface area contributed by atoms with Crippen molar-refractivity contribution in [2.45, 2.75) is 19.4 Å². The Hall–Kier alpha value is -4.01. The Balaban J connectivity index is 2.07. The molecule has 1 N–H and O–H groups in total. The molecule has 0 saturated heterocycles. The number of phenols is 1. The van der Waals surface area contributed by atoms with Crippen LogP contribution in [-0.4, -0.2) is 10.7 Å². The van der Waals surface area contributed by atoms with Gasteiger partial charge < -0.3 is 9.84 Å². The van der Waals surface area contributed by atoms with E-state index in [1.807, 2.05) is 30.3 Å². The molecule has 5 heteroatoms. The second-order valence-electron chi connectivity index (χ2n) is 6.56. The molecule has 0 aromatic heterocycles. The molecule has 0 saturated carbocycles. The van der Waals surface area contributed by atoms with Crippen LogP contribution in [0.25, 0.3) is 16.8 Å². The minimum atomic E-state index is -0.835. The van der Waals surface area contributed by atoms with Crippen LogP contribution in [0.5, 0.6) is 5.75 Å². The van der Waals surface area contributed by atoms with Gasteiger partial charge in [0.1, 0.15) is 35.1 Å². The Labute approximate surface area is 157 Å². The normalized spacial score (nSPS) is 15.3. The average molecular weight is 353 g/mol. The molecule has 2 aromatic rings. The van der Waals surface area contributed by atoms with Crippen LogP contribution in [0.3, 0.4) is 0 Å². The zero-order valence-corrected chi connectivity index (χ0v) is 14.8. The molecule has 5 nitrogen and oxygen atoms in total. The summed E-state index contributed by atoms with van der Waals surface area (Å²) in [6.07, 6.45) is 3.63. The van der Waals surface area contributed by atoms with Crippen LogP contribution in [0.2, 0.25) is 0 Å². The maximum atomic E-state index is 9.56. The number of ether oxygens (including phenoxy) is 1. The van der Waals surface area contributed by atoms with Crippen molar-refractivity contribution in [3.63, 3.8) is 0 Å². The predicted octanol–water partition coefficient (Wildman–Crippen LogP) is 4.49. The molecule has 0 spiro atoms. The van der Waals surface area contributed by atoms with Crippen LogP contribution in [0.4, 0.5) is 0 Å². The Kier molecular flexibility index (Phi) is 4.43. The lowest BCUT2D eigenvalue weighted by atomic mass is 9.94. The first-order valence-corrected chi connectivity index (χ1v) is 8.19. The van der Waals surface area contributed by atoms with Crippen molar-refractivity contribution in [1.29, 1.82) is 15.8 Å². The van der Waals surface area contributed by atoms with E-state index in [9.17, 15) is 10.4 Å². The molecule has 1 aliphatic rings. The summed E-state index contributed by atoms with van der Waals surface area (Å²) in [6.45, 7) is 3.57. The first kappa shape index (κ1) is 17.8. The summed E-state index contributed by atoms with van der Waals surface area (Å²) in [7, 11) is 0. The zero-order valence-electron chi connectivity index (χ0n) is 14.8. The Morgan fingerprint density at radius 1 is 1.00 bits per heavy atom. The van der Waals surface area contributed by atoms with Crippen molar-refractivity contribution in [3.05, 3.63) is 70.5 Å². The lowest BCUT2D eigenvalue weighted by Crippen LogP contribution is -2.20. The third-order valence-corrected chi connectivity index (χ3v) is 4.36. The number of phenolic OH excluding ortho intramolecular Hbond substituents is 1. The predicted molar refractivity (Wildman–Crippen MR) is 101 cm³/mol. The van der Waals surface area contributed by atoms with Crippen LogP contribution >= 0.6 is 0 Å². The number of aromatic hydroxyl groups is 1. The molecule has 0 amide bonds. The number of rotatable bonds is 2. The Morgan fingerprint density at radius 2 is 1.67 bits per heavy atom. The average Bonchev–Trinajstić information content (AvgIpc) is 2.90. The van der Waals surface area contributed by atoms with Crippen molar-refractivity contribution in [3.8, 4) is 24.0 Å². The largest absolute Gasteiger partial charge is 0.508 e. The molecule has 0 atom stereocenters. The molecule has 1 heterocycles. The molecule has 0 unspecified atom stereocenters. The van der Waals surface area contributed by atoms with E-state index >= 15 is 0 Å². The summed E-state index contributed by atoms with van der Waals surface area (Å²) in [5, 5.41) is 39.2. The molecular weight excluding hydrogens is 338 g/mol. The Bertz CT molecular complexity index is 1150. The maximum Gasteiger partial charge on any atom is 0.172 e.